The molecule has 1 heterocycles. The maximum absolute atomic E-state index is 11.2. The van der Waals surface area contributed by atoms with Gasteiger partial charge in [-0.1, -0.05) is 42.0 Å². The predicted molar refractivity (Wildman–Crippen MR) is 82.1 cm³/mol. The average molecular weight is 293 g/mol. The summed E-state index contributed by atoms with van der Waals surface area (Å²) in [5.74, 6) is 0.125. The number of carbonyl (C=O) groups is 1. The Morgan fingerprint density at radius 3 is 2.68 bits per heavy atom. The quantitative estimate of drug-likeness (QED) is 0.794. The van der Waals surface area contributed by atoms with Gasteiger partial charge in [-0.25, -0.2) is 0 Å². The lowest BCUT2D eigenvalue weighted by atomic mass is 10.1. The Balaban J connectivity index is 1.81. The third-order valence-electron chi connectivity index (χ3n) is 3.30. The zero-order valence-corrected chi connectivity index (χ0v) is 12.1. The van der Waals surface area contributed by atoms with E-state index in [0.29, 0.717) is 17.9 Å². The number of primary amides is 1. The Bertz CT molecular complexity index is 807. The summed E-state index contributed by atoms with van der Waals surface area (Å²) in [6, 6.07) is 15.0. The molecule has 0 spiro atoms. The molecule has 0 aliphatic carbocycles. The van der Waals surface area contributed by atoms with Crippen LogP contribution in [0, 0.1) is 6.92 Å². The molecule has 0 fully saturated rings. The molecular formula is C16H15N5O. The van der Waals surface area contributed by atoms with E-state index in [0.717, 1.165) is 11.1 Å². The molecular weight excluding hydrogens is 278 g/mol. The number of hydrogen-bond donors (Lipinski definition) is 1. The third kappa shape index (κ3) is 3.01. The molecule has 0 saturated heterocycles. The van der Waals surface area contributed by atoms with Crippen molar-refractivity contribution >= 4 is 5.91 Å². The van der Waals surface area contributed by atoms with Crippen molar-refractivity contribution in [2.24, 2.45) is 5.73 Å². The van der Waals surface area contributed by atoms with Crippen LogP contribution in [-0.2, 0) is 6.54 Å². The van der Waals surface area contributed by atoms with Crippen molar-refractivity contribution in [1.29, 1.82) is 0 Å². The zero-order valence-electron chi connectivity index (χ0n) is 12.1. The van der Waals surface area contributed by atoms with Crippen molar-refractivity contribution in [3.8, 4) is 11.4 Å². The average Bonchev–Trinajstić information content (AvgIpc) is 2.96. The number of benzene rings is 2. The summed E-state index contributed by atoms with van der Waals surface area (Å²) in [5.41, 5.74) is 8.74. The molecule has 6 nitrogen and oxygen atoms in total. The second-order valence-corrected chi connectivity index (χ2v) is 5.07. The van der Waals surface area contributed by atoms with Gasteiger partial charge in [0, 0.05) is 11.1 Å². The van der Waals surface area contributed by atoms with Crippen LogP contribution in [0.3, 0.4) is 0 Å². The molecule has 0 bridgehead atoms. The van der Waals surface area contributed by atoms with E-state index < -0.39 is 5.91 Å². The highest BCUT2D eigenvalue weighted by atomic mass is 16.1. The Labute approximate surface area is 127 Å². The van der Waals surface area contributed by atoms with Gasteiger partial charge in [-0.15, -0.1) is 10.2 Å². The van der Waals surface area contributed by atoms with Crippen molar-refractivity contribution in [2.45, 2.75) is 13.5 Å². The van der Waals surface area contributed by atoms with Crippen LogP contribution in [0.5, 0.6) is 0 Å². The van der Waals surface area contributed by atoms with Crippen LogP contribution < -0.4 is 5.73 Å². The molecule has 2 aromatic carbocycles. The number of amides is 1. The monoisotopic (exact) mass is 293 g/mol. The second-order valence-electron chi connectivity index (χ2n) is 5.07. The summed E-state index contributed by atoms with van der Waals surface area (Å²) < 4.78 is 0. The minimum Gasteiger partial charge on any atom is -0.366 e. The normalized spacial score (nSPS) is 10.6. The maximum atomic E-state index is 11.2. The molecule has 0 aliphatic heterocycles. The van der Waals surface area contributed by atoms with Crippen LogP contribution in [0.25, 0.3) is 11.4 Å². The predicted octanol–water partition coefficient (Wildman–Crippen LogP) is 1.80. The van der Waals surface area contributed by atoms with E-state index in [1.165, 1.54) is 10.4 Å². The largest absolute Gasteiger partial charge is 0.366 e. The van der Waals surface area contributed by atoms with Gasteiger partial charge in [-0.3, -0.25) is 4.79 Å². The van der Waals surface area contributed by atoms with Crippen LogP contribution >= 0.6 is 0 Å². The van der Waals surface area contributed by atoms with Gasteiger partial charge in [0.25, 0.3) is 0 Å². The smallest absolute Gasteiger partial charge is 0.248 e. The number of aryl methyl sites for hydroxylation is 1. The summed E-state index contributed by atoms with van der Waals surface area (Å²) in [7, 11) is 0. The third-order valence-corrected chi connectivity index (χ3v) is 3.30. The lowest BCUT2D eigenvalue weighted by Crippen LogP contribution is -2.12. The molecule has 2 N–H and O–H groups in total. The maximum Gasteiger partial charge on any atom is 0.248 e. The number of nitrogens with two attached hydrogens (primary N) is 1. The van der Waals surface area contributed by atoms with Crippen molar-refractivity contribution in [1.82, 2.24) is 20.2 Å². The molecule has 110 valence electrons. The fraction of sp³-hybridized carbons (Fsp3) is 0.125. The van der Waals surface area contributed by atoms with Crippen LogP contribution in [0.15, 0.2) is 48.5 Å². The highest BCUT2D eigenvalue weighted by Crippen LogP contribution is 2.14. The van der Waals surface area contributed by atoms with Crippen LogP contribution in [-0.4, -0.2) is 26.1 Å². The first-order chi connectivity index (χ1) is 10.6. The molecule has 22 heavy (non-hydrogen) atoms. The number of hydrogen-bond acceptors (Lipinski definition) is 4. The van der Waals surface area contributed by atoms with Crippen LogP contribution in [0.1, 0.15) is 21.5 Å². The number of carbonyl (C=O) groups excluding carboxylic acids is 1. The van der Waals surface area contributed by atoms with Crippen LogP contribution in [0.4, 0.5) is 0 Å². The topological polar surface area (TPSA) is 86.7 Å². The summed E-state index contributed by atoms with van der Waals surface area (Å²) in [6.45, 7) is 2.46. The first-order valence-electron chi connectivity index (χ1n) is 6.85. The molecule has 1 amide bonds. The van der Waals surface area contributed by atoms with Crippen molar-refractivity contribution < 1.29 is 4.79 Å². The molecule has 3 aromatic rings. The van der Waals surface area contributed by atoms with E-state index in [2.05, 4.69) is 15.4 Å². The lowest BCUT2D eigenvalue weighted by Gasteiger charge is -2.01. The zero-order chi connectivity index (χ0) is 15.5. The Morgan fingerprint density at radius 1 is 1.18 bits per heavy atom. The van der Waals surface area contributed by atoms with Gasteiger partial charge in [0.2, 0.25) is 11.7 Å². The number of tetrazole rings is 1. The second kappa shape index (κ2) is 5.77. The van der Waals surface area contributed by atoms with E-state index in [1.54, 1.807) is 18.2 Å². The molecule has 3 rings (SSSR count). The lowest BCUT2D eigenvalue weighted by molar-refractivity contribution is 0.1000. The molecule has 0 radical (unpaired) electrons. The van der Waals surface area contributed by atoms with Gasteiger partial charge < -0.3 is 5.73 Å². The first kappa shape index (κ1) is 13.9. The SMILES string of the molecule is Cc1ccc(-c2nnn(Cc3cccc(C(N)=O)c3)n2)cc1. The van der Waals surface area contributed by atoms with Gasteiger partial charge >= 0.3 is 0 Å². The molecule has 0 aliphatic rings. The fourth-order valence-corrected chi connectivity index (χ4v) is 2.11. The van der Waals surface area contributed by atoms with E-state index in [4.69, 9.17) is 5.73 Å². The molecule has 6 heteroatoms. The van der Waals surface area contributed by atoms with Gasteiger partial charge in [-0.2, -0.15) is 4.80 Å². The summed E-state index contributed by atoms with van der Waals surface area (Å²) in [5, 5.41) is 12.5. The fourth-order valence-electron chi connectivity index (χ4n) is 2.11. The summed E-state index contributed by atoms with van der Waals surface area (Å²) >= 11 is 0. The van der Waals surface area contributed by atoms with E-state index in [9.17, 15) is 4.79 Å². The molecule has 0 saturated carbocycles. The Kier molecular flexibility index (Phi) is 3.65. The molecule has 0 unspecified atom stereocenters. The van der Waals surface area contributed by atoms with E-state index in [1.807, 2.05) is 37.3 Å². The number of nitrogens with zero attached hydrogens (tertiary/aromatic N) is 4. The minimum absolute atomic E-state index is 0.431. The molecule has 0 atom stereocenters. The standard InChI is InChI=1S/C16H15N5O/c1-11-5-7-13(8-6-11)16-18-20-21(19-16)10-12-3-2-4-14(9-12)15(17)22/h2-9H,10H2,1H3,(H2,17,22). The van der Waals surface area contributed by atoms with Gasteiger partial charge in [-0.05, 0) is 29.8 Å². The van der Waals surface area contributed by atoms with E-state index >= 15 is 0 Å². The summed E-state index contributed by atoms with van der Waals surface area (Å²) in [6.07, 6.45) is 0. The highest BCUT2D eigenvalue weighted by molar-refractivity contribution is 5.92. The van der Waals surface area contributed by atoms with Crippen molar-refractivity contribution in [2.75, 3.05) is 0 Å². The van der Waals surface area contributed by atoms with Gasteiger partial charge in [0.1, 0.15) is 0 Å². The first-order valence-corrected chi connectivity index (χ1v) is 6.85. The number of aromatic nitrogens is 4. The highest BCUT2D eigenvalue weighted by Gasteiger charge is 2.07. The molecule has 1 aromatic heterocycles. The Hall–Kier alpha value is -3.02. The van der Waals surface area contributed by atoms with Crippen molar-refractivity contribution in [3.63, 3.8) is 0 Å². The van der Waals surface area contributed by atoms with E-state index in [-0.39, 0.29) is 0 Å². The number of rotatable bonds is 4. The minimum atomic E-state index is -0.450. The summed E-state index contributed by atoms with van der Waals surface area (Å²) in [4.78, 5) is 12.7. The van der Waals surface area contributed by atoms with Crippen molar-refractivity contribution in [3.05, 3.63) is 65.2 Å². The van der Waals surface area contributed by atoms with Gasteiger partial charge in [0.15, 0.2) is 0 Å². The van der Waals surface area contributed by atoms with Gasteiger partial charge in [0.05, 0.1) is 6.54 Å². The van der Waals surface area contributed by atoms with Crippen LogP contribution in [0.2, 0.25) is 0 Å². The Morgan fingerprint density at radius 2 is 1.95 bits per heavy atom.